The van der Waals surface area contributed by atoms with Crippen LogP contribution in [0.25, 0.3) is 10.9 Å². The molecule has 0 saturated heterocycles. The van der Waals surface area contributed by atoms with Crippen molar-refractivity contribution in [2.45, 2.75) is 52.7 Å². The van der Waals surface area contributed by atoms with Crippen molar-refractivity contribution in [3.8, 4) is 0 Å². The summed E-state index contributed by atoms with van der Waals surface area (Å²) in [6.07, 6.45) is 0.824. The molecule has 1 aromatic carbocycles. The monoisotopic (exact) mass is 484 g/mol. The van der Waals surface area contributed by atoms with E-state index in [0.717, 1.165) is 11.3 Å². The van der Waals surface area contributed by atoms with Crippen molar-refractivity contribution < 1.29 is 18.8 Å². The molecule has 1 unspecified atom stereocenters. The van der Waals surface area contributed by atoms with Crippen molar-refractivity contribution in [3.05, 3.63) is 52.1 Å². The molecule has 4 rings (SSSR count). The van der Waals surface area contributed by atoms with Crippen molar-refractivity contribution >= 4 is 45.6 Å². The Balaban J connectivity index is 1.85. The summed E-state index contributed by atoms with van der Waals surface area (Å²) in [5, 5.41) is 8.09. The number of halogens is 1. The van der Waals surface area contributed by atoms with Crippen LogP contribution in [0.4, 0.5) is 10.1 Å². The van der Waals surface area contributed by atoms with Crippen molar-refractivity contribution in [1.82, 2.24) is 14.8 Å². The van der Waals surface area contributed by atoms with Crippen LogP contribution in [-0.4, -0.2) is 39.3 Å². The third-order valence-corrected chi connectivity index (χ3v) is 7.09. The van der Waals surface area contributed by atoms with Gasteiger partial charge in [-0.15, -0.1) is 11.3 Å². The molecule has 2 aromatic heterocycles. The molecular weight excluding hydrogens is 455 g/mol. The summed E-state index contributed by atoms with van der Waals surface area (Å²) < 4.78 is 15.9. The third-order valence-electron chi connectivity index (χ3n) is 6.23. The molecule has 0 spiro atoms. The second-order valence-corrected chi connectivity index (χ2v) is 10.4. The second-order valence-electron chi connectivity index (χ2n) is 9.34. The number of anilines is 1. The third kappa shape index (κ3) is 4.32. The summed E-state index contributed by atoms with van der Waals surface area (Å²) >= 11 is 1.50. The van der Waals surface area contributed by atoms with Crippen molar-refractivity contribution in [1.29, 1.82) is 0 Å². The zero-order chi connectivity index (χ0) is 24.6. The Kier molecular flexibility index (Phi) is 6.49. The van der Waals surface area contributed by atoms with E-state index in [2.05, 4.69) is 24.5 Å². The first-order valence-electron chi connectivity index (χ1n) is 11.3. The molecule has 34 heavy (non-hydrogen) atoms. The van der Waals surface area contributed by atoms with Gasteiger partial charge in [0.2, 0.25) is 11.8 Å². The van der Waals surface area contributed by atoms with Gasteiger partial charge in [-0.2, -0.15) is 0 Å². The Hall–Kier alpha value is -3.20. The van der Waals surface area contributed by atoms with Gasteiger partial charge >= 0.3 is 0 Å². The minimum atomic E-state index is -1.18. The summed E-state index contributed by atoms with van der Waals surface area (Å²) in [4.78, 5) is 42.0. The van der Waals surface area contributed by atoms with E-state index < -0.39 is 11.4 Å². The number of benzene rings is 1. The first-order valence-corrected chi connectivity index (χ1v) is 12.2. The van der Waals surface area contributed by atoms with E-state index in [9.17, 15) is 18.8 Å². The van der Waals surface area contributed by atoms with E-state index >= 15 is 0 Å². The molecule has 0 radical (unpaired) electrons. The lowest BCUT2D eigenvalue weighted by atomic mass is 9.94. The van der Waals surface area contributed by atoms with Crippen LogP contribution in [0.15, 0.2) is 35.7 Å². The number of aromatic nitrogens is 1. The van der Waals surface area contributed by atoms with Gasteiger partial charge in [-0.1, -0.05) is 19.9 Å². The number of carbonyl (C=O) groups excluding carboxylic acids is 3. The molecule has 1 aliphatic rings. The van der Waals surface area contributed by atoms with Crippen molar-refractivity contribution in [2.75, 3.05) is 11.9 Å². The minimum absolute atomic E-state index is 0.175. The lowest BCUT2D eigenvalue weighted by Crippen LogP contribution is -2.63. The number of carbonyl (C=O) groups is 3. The molecule has 9 heteroatoms. The SMILES string of the molecule is CC(=O)Nc1c2n(c3ccc(F)cc13)CC(C)(C(=O)NCCC(C)C)N(Cc1cccs1)C2=O. The zero-order valence-corrected chi connectivity index (χ0v) is 20.6. The molecule has 3 aromatic rings. The summed E-state index contributed by atoms with van der Waals surface area (Å²) in [5.74, 6) is -1.04. The number of hydrogen-bond donors (Lipinski definition) is 2. The molecule has 2 N–H and O–H groups in total. The average Bonchev–Trinajstić information content (AvgIpc) is 3.37. The van der Waals surface area contributed by atoms with Crippen LogP contribution in [0.5, 0.6) is 0 Å². The standard InChI is InChI=1S/C25H29FN4O3S/c1-15(2)9-10-27-24(33)25(4)14-29-20-8-7-17(26)12-19(20)21(28-16(3)31)22(29)23(32)30(25)13-18-6-5-11-34-18/h5-8,11-12,15H,9-10,13-14H2,1-4H3,(H,27,33)(H,28,31). The normalized spacial score (nSPS) is 17.8. The quantitative estimate of drug-likeness (QED) is 0.522. The van der Waals surface area contributed by atoms with Gasteiger partial charge in [-0.05, 0) is 48.9 Å². The minimum Gasteiger partial charge on any atom is -0.354 e. The van der Waals surface area contributed by atoms with Crippen LogP contribution in [0, 0.1) is 11.7 Å². The number of hydrogen-bond acceptors (Lipinski definition) is 4. The van der Waals surface area contributed by atoms with E-state index in [1.54, 1.807) is 22.5 Å². The Labute approximate surface area is 201 Å². The molecule has 0 saturated carbocycles. The molecule has 7 nitrogen and oxygen atoms in total. The molecule has 180 valence electrons. The van der Waals surface area contributed by atoms with Crippen LogP contribution in [0.2, 0.25) is 0 Å². The largest absolute Gasteiger partial charge is 0.354 e. The molecule has 0 aliphatic carbocycles. The molecule has 1 atom stereocenters. The van der Waals surface area contributed by atoms with Gasteiger partial charge in [-0.3, -0.25) is 14.4 Å². The maximum absolute atomic E-state index is 14.1. The van der Waals surface area contributed by atoms with Crippen LogP contribution < -0.4 is 10.6 Å². The number of amides is 3. The van der Waals surface area contributed by atoms with Gasteiger partial charge in [0.05, 0.1) is 24.3 Å². The Morgan fingerprint density at radius 2 is 2.03 bits per heavy atom. The van der Waals surface area contributed by atoms with E-state index in [-0.39, 0.29) is 42.2 Å². The van der Waals surface area contributed by atoms with Crippen LogP contribution >= 0.6 is 11.3 Å². The van der Waals surface area contributed by atoms with E-state index in [4.69, 9.17) is 0 Å². The van der Waals surface area contributed by atoms with Gasteiger partial charge in [0.15, 0.2) is 0 Å². The Morgan fingerprint density at radius 1 is 1.26 bits per heavy atom. The highest BCUT2D eigenvalue weighted by molar-refractivity contribution is 7.09. The lowest BCUT2D eigenvalue weighted by molar-refractivity contribution is -0.133. The highest BCUT2D eigenvalue weighted by Gasteiger charge is 2.49. The summed E-state index contributed by atoms with van der Waals surface area (Å²) in [5.41, 5.74) is -0.0745. The number of thiophene rings is 1. The van der Waals surface area contributed by atoms with Gasteiger partial charge in [0.25, 0.3) is 5.91 Å². The number of rotatable bonds is 7. The summed E-state index contributed by atoms with van der Waals surface area (Å²) in [6, 6.07) is 8.03. The fourth-order valence-corrected chi connectivity index (χ4v) is 5.12. The van der Waals surface area contributed by atoms with E-state index in [1.165, 1.54) is 30.4 Å². The lowest BCUT2D eigenvalue weighted by Gasteiger charge is -2.44. The Bertz CT molecular complexity index is 1250. The smallest absolute Gasteiger partial charge is 0.273 e. The fourth-order valence-electron chi connectivity index (χ4n) is 4.43. The predicted octanol–water partition coefficient (Wildman–Crippen LogP) is 4.38. The number of fused-ring (bicyclic) bond motifs is 3. The van der Waals surface area contributed by atoms with Crippen molar-refractivity contribution in [2.24, 2.45) is 5.92 Å². The maximum atomic E-state index is 14.1. The predicted molar refractivity (Wildman–Crippen MR) is 131 cm³/mol. The van der Waals surface area contributed by atoms with Crippen molar-refractivity contribution in [3.63, 3.8) is 0 Å². The summed E-state index contributed by atoms with van der Waals surface area (Å²) in [7, 11) is 0. The zero-order valence-electron chi connectivity index (χ0n) is 19.8. The highest BCUT2D eigenvalue weighted by Crippen LogP contribution is 2.40. The molecule has 0 fully saturated rings. The molecule has 0 bridgehead atoms. The Morgan fingerprint density at radius 3 is 2.68 bits per heavy atom. The van der Waals surface area contributed by atoms with Crippen LogP contribution in [0.1, 0.15) is 49.5 Å². The molecular formula is C25H29FN4O3S. The first-order chi connectivity index (χ1) is 16.1. The average molecular weight is 485 g/mol. The topological polar surface area (TPSA) is 83.4 Å². The second kappa shape index (κ2) is 9.21. The molecule has 3 amide bonds. The van der Waals surface area contributed by atoms with E-state index in [0.29, 0.717) is 23.4 Å². The molecule has 3 heterocycles. The number of nitrogens with zero attached hydrogens (tertiary/aromatic N) is 2. The van der Waals surface area contributed by atoms with E-state index in [1.807, 2.05) is 17.5 Å². The number of nitrogens with one attached hydrogen (secondary N) is 2. The maximum Gasteiger partial charge on any atom is 0.273 e. The van der Waals surface area contributed by atoms with Crippen LogP contribution in [0.3, 0.4) is 0 Å². The van der Waals surface area contributed by atoms with Gasteiger partial charge in [0.1, 0.15) is 17.1 Å². The molecule has 1 aliphatic heterocycles. The van der Waals surface area contributed by atoms with Gasteiger partial charge in [0, 0.05) is 23.7 Å². The van der Waals surface area contributed by atoms with Gasteiger partial charge in [-0.25, -0.2) is 4.39 Å². The van der Waals surface area contributed by atoms with Gasteiger partial charge < -0.3 is 20.1 Å². The van der Waals surface area contributed by atoms with Crippen LogP contribution in [-0.2, 0) is 22.7 Å². The first kappa shape index (κ1) is 23.9. The summed E-state index contributed by atoms with van der Waals surface area (Å²) in [6.45, 7) is 8.21. The highest BCUT2D eigenvalue weighted by atomic mass is 32.1. The fraction of sp³-hybridized carbons (Fsp3) is 0.400.